The number of ether oxygens (including phenoxy) is 1. The summed E-state index contributed by atoms with van der Waals surface area (Å²) in [5.74, 6) is -0.783. The van der Waals surface area contributed by atoms with Gasteiger partial charge in [-0.15, -0.1) is 0 Å². The number of anilines is 1. The third kappa shape index (κ3) is 8.04. The topological polar surface area (TPSA) is 80.3 Å². The van der Waals surface area contributed by atoms with E-state index in [1.807, 2.05) is 64.2 Å². The molecule has 0 saturated heterocycles. The van der Waals surface area contributed by atoms with Crippen molar-refractivity contribution in [3.8, 4) is 11.1 Å². The molecule has 2 rings (SSSR count). The van der Waals surface area contributed by atoms with Gasteiger partial charge in [0.2, 0.25) is 5.91 Å². The lowest BCUT2D eigenvalue weighted by molar-refractivity contribution is -0.145. The lowest BCUT2D eigenvalue weighted by Gasteiger charge is -2.17. The third-order valence-electron chi connectivity index (χ3n) is 5.04. The first-order chi connectivity index (χ1) is 15.0. The number of benzene rings is 1. The molecule has 1 amide bonds. The van der Waals surface area contributed by atoms with Gasteiger partial charge < -0.3 is 15.4 Å². The second-order valence-corrected chi connectivity index (χ2v) is 7.05. The van der Waals surface area contributed by atoms with Crippen molar-refractivity contribution < 1.29 is 14.3 Å². The van der Waals surface area contributed by atoms with Crippen LogP contribution in [0, 0.1) is 5.92 Å². The number of rotatable bonds is 10. The van der Waals surface area contributed by atoms with Crippen molar-refractivity contribution in [2.75, 3.05) is 26.0 Å². The number of aromatic nitrogens is 1. The summed E-state index contributed by atoms with van der Waals surface area (Å²) in [6.45, 7) is 8.02. The summed E-state index contributed by atoms with van der Waals surface area (Å²) in [7, 11) is 3.52. The van der Waals surface area contributed by atoms with Crippen LogP contribution in [0.5, 0.6) is 0 Å². The van der Waals surface area contributed by atoms with Gasteiger partial charge in [-0.1, -0.05) is 39.3 Å². The number of carbonyl (C=O) groups is 2. The predicted octanol–water partition coefficient (Wildman–Crippen LogP) is 5.02. The zero-order valence-electron chi connectivity index (χ0n) is 19.7. The molecule has 0 aliphatic heterocycles. The maximum absolute atomic E-state index is 12.6. The van der Waals surface area contributed by atoms with Gasteiger partial charge in [0.15, 0.2) is 0 Å². The molecule has 0 saturated carbocycles. The van der Waals surface area contributed by atoms with Gasteiger partial charge in [0.1, 0.15) is 0 Å². The van der Waals surface area contributed by atoms with Gasteiger partial charge in [-0.2, -0.15) is 0 Å². The normalized spacial score (nSPS) is 12.1. The molecule has 1 aromatic carbocycles. The van der Waals surface area contributed by atoms with Crippen molar-refractivity contribution in [1.29, 1.82) is 0 Å². The minimum absolute atomic E-state index is 0.0165. The maximum atomic E-state index is 12.6. The molecule has 0 radical (unpaired) electrons. The van der Waals surface area contributed by atoms with Crippen LogP contribution in [0.15, 0.2) is 42.6 Å². The standard InChI is InChI=1S/C23H31N3O3.C2H6/c1-5-29-23(28)20(8-6-7-16(2)22(27)25-4)21-15-18(13-14-26-21)17-9-11-19(24-3)12-10-17;1-2/h9-16,20,24H,5-8H2,1-4H3,(H,25,27);1-2H3. The molecular weight excluding hydrogens is 390 g/mol. The molecule has 1 aromatic heterocycles. The van der Waals surface area contributed by atoms with E-state index < -0.39 is 5.92 Å². The number of nitrogens with one attached hydrogen (secondary N) is 2. The Kier molecular flexibility index (Phi) is 12.0. The molecule has 2 aromatic rings. The number of hydrogen-bond donors (Lipinski definition) is 2. The lowest BCUT2D eigenvalue weighted by atomic mass is 9.93. The second kappa shape index (κ2) is 14.2. The molecule has 0 spiro atoms. The summed E-state index contributed by atoms with van der Waals surface area (Å²) in [4.78, 5) is 28.8. The molecule has 170 valence electrons. The number of hydrogen-bond acceptors (Lipinski definition) is 5. The van der Waals surface area contributed by atoms with Gasteiger partial charge in [0, 0.05) is 31.9 Å². The zero-order chi connectivity index (χ0) is 23.2. The minimum Gasteiger partial charge on any atom is -0.465 e. The van der Waals surface area contributed by atoms with E-state index in [0.29, 0.717) is 25.1 Å². The van der Waals surface area contributed by atoms with Gasteiger partial charge >= 0.3 is 5.97 Å². The zero-order valence-corrected chi connectivity index (χ0v) is 19.7. The number of nitrogens with zero attached hydrogens (tertiary/aromatic N) is 1. The molecular formula is C25H37N3O3. The van der Waals surface area contributed by atoms with Gasteiger partial charge in [0.05, 0.1) is 18.2 Å². The Hall–Kier alpha value is -2.89. The van der Waals surface area contributed by atoms with Crippen LogP contribution in [0.2, 0.25) is 0 Å². The van der Waals surface area contributed by atoms with E-state index in [0.717, 1.165) is 23.2 Å². The summed E-state index contributed by atoms with van der Waals surface area (Å²) < 4.78 is 5.29. The second-order valence-electron chi connectivity index (χ2n) is 7.05. The van der Waals surface area contributed by atoms with Crippen LogP contribution in [-0.4, -0.2) is 37.6 Å². The molecule has 0 bridgehead atoms. The van der Waals surface area contributed by atoms with Crippen molar-refractivity contribution in [1.82, 2.24) is 10.3 Å². The van der Waals surface area contributed by atoms with Crippen molar-refractivity contribution in [3.05, 3.63) is 48.3 Å². The fraction of sp³-hybridized carbons (Fsp3) is 0.480. The van der Waals surface area contributed by atoms with Gasteiger partial charge in [-0.05, 0) is 55.2 Å². The first-order valence-electron chi connectivity index (χ1n) is 11.1. The van der Waals surface area contributed by atoms with E-state index in [1.54, 1.807) is 20.2 Å². The lowest BCUT2D eigenvalue weighted by Crippen LogP contribution is -2.25. The minimum atomic E-state index is -0.441. The number of amides is 1. The Balaban J connectivity index is 0.00000233. The Bertz CT molecular complexity index is 806. The molecule has 1 heterocycles. The molecule has 0 aliphatic carbocycles. The van der Waals surface area contributed by atoms with Crippen LogP contribution in [0.25, 0.3) is 11.1 Å². The van der Waals surface area contributed by atoms with Crippen LogP contribution in [0.3, 0.4) is 0 Å². The fourth-order valence-electron chi connectivity index (χ4n) is 3.28. The summed E-state index contributed by atoms with van der Waals surface area (Å²) in [6, 6.07) is 12.0. The summed E-state index contributed by atoms with van der Waals surface area (Å²) in [5, 5.41) is 5.77. The molecule has 6 nitrogen and oxygen atoms in total. The number of pyridine rings is 1. The molecule has 2 N–H and O–H groups in total. The average Bonchev–Trinajstić information content (AvgIpc) is 2.82. The first-order valence-corrected chi connectivity index (χ1v) is 11.1. The van der Waals surface area contributed by atoms with Gasteiger partial charge in [0.25, 0.3) is 0 Å². The van der Waals surface area contributed by atoms with Crippen LogP contribution in [0.1, 0.15) is 58.6 Å². The van der Waals surface area contributed by atoms with Crippen LogP contribution in [-0.2, 0) is 14.3 Å². The third-order valence-corrected chi connectivity index (χ3v) is 5.04. The van der Waals surface area contributed by atoms with E-state index in [-0.39, 0.29) is 17.8 Å². The maximum Gasteiger partial charge on any atom is 0.315 e. The quantitative estimate of drug-likeness (QED) is 0.521. The largest absolute Gasteiger partial charge is 0.465 e. The van der Waals surface area contributed by atoms with Crippen molar-refractivity contribution in [2.45, 2.75) is 52.9 Å². The Labute approximate surface area is 186 Å². The highest BCUT2D eigenvalue weighted by Gasteiger charge is 2.24. The highest BCUT2D eigenvalue weighted by atomic mass is 16.5. The molecule has 2 atom stereocenters. The molecule has 0 aliphatic rings. The van der Waals surface area contributed by atoms with E-state index in [1.165, 1.54) is 0 Å². The highest BCUT2D eigenvalue weighted by Crippen LogP contribution is 2.28. The van der Waals surface area contributed by atoms with Gasteiger partial charge in [-0.3, -0.25) is 14.6 Å². The Morgan fingerprint density at radius 1 is 1.03 bits per heavy atom. The van der Waals surface area contributed by atoms with Crippen LogP contribution >= 0.6 is 0 Å². The number of esters is 1. The van der Waals surface area contributed by atoms with Crippen molar-refractivity contribution >= 4 is 17.6 Å². The number of carbonyl (C=O) groups excluding carboxylic acids is 2. The predicted molar refractivity (Wildman–Crippen MR) is 127 cm³/mol. The van der Waals surface area contributed by atoms with Gasteiger partial charge in [-0.25, -0.2) is 0 Å². The van der Waals surface area contributed by atoms with E-state index in [4.69, 9.17) is 4.74 Å². The smallest absolute Gasteiger partial charge is 0.315 e. The van der Waals surface area contributed by atoms with Crippen molar-refractivity contribution in [2.24, 2.45) is 5.92 Å². The van der Waals surface area contributed by atoms with E-state index >= 15 is 0 Å². The molecule has 6 heteroatoms. The molecule has 2 unspecified atom stereocenters. The van der Waals surface area contributed by atoms with Crippen LogP contribution in [0.4, 0.5) is 5.69 Å². The summed E-state index contributed by atoms with van der Waals surface area (Å²) >= 11 is 0. The summed E-state index contributed by atoms with van der Waals surface area (Å²) in [5.41, 5.74) is 3.80. The average molecular weight is 428 g/mol. The molecule has 0 fully saturated rings. The monoisotopic (exact) mass is 427 g/mol. The Morgan fingerprint density at radius 3 is 2.29 bits per heavy atom. The van der Waals surface area contributed by atoms with Crippen LogP contribution < -0.4 is 10.6 Å². The Morgan fingerprint density at radius 2 is 1.71 bits per heavy atom. The fourth-order valence-corrected chi connectivity index (χ4v) is 3.28. The summed E-state index contributed by atoms with van der Waals surface area (Å²) in [6.07, 6.45) is 3.77. The van der Waals surface area contributed by atoms with E-state index in [2.05, 4.69) is 15.6 Å². The first kappa shape index (κ1) is 26.1. The highest BCUT2D eigenvalue weighted by molar-refractivity contribution is 5.79. The van der Waals surface area contributed by atoms with Crippen molar-refractivity contribution in [3.63, 3.8) is 0 Å². The SMILES string of the molecule is CC.CCOC(=O)C(CCCC(C)C(=O)NC)c1cc(-c2ccc(NC)cc2)ccn1. The van der Waals surface area contributed by atoms with E-state index in [9.17, 15) is 9.59 Å². The molecule has 31 heavy (non-hydrogen) atoms.